The average Bonchev–Trinajstić information content (AvgIpc) is 2.92. The highest BCUT2D eigenvalue weighted by Crippen LogP contribution is 2.38. The number of thiophene rings is 1. The van der Waals surface area contributed by atoms with Crippen molar-refractivity contribution in [2.24, 2.45) is 5.92 Å². The number of hydrogen-bond acceptors (Lipinski definition) is 6. The van der Waals surface area contributed by atoms with Gasteiger partial charge in [0.05, 0.1) is 5.39 Å². The third-order valence-corrected chi connectivity index (χ3v) is 7.26. The maximum absolute atomic E-state index is 6.29. The molecule has 3 heterocycles. The van der Waals surface area contributed by atoms with Crippen LogP contribution < -0.4 is 5.73 Å². The van der Waals surface area contributed by atoms with E-state index >= 15 is 0 Å². The Balaban J connectivity index is 1.54. The van der Waals surface area contributed by atoms with E-state index in [1.54, 1.807) is 11.8 Å². The van der Waals surface area contributed by atoms with E-state index in [1.807, 2.05) is 11.3 Å². The molecule has 124 valence electrons. The molecule has 4 nitrogen and oxygen atoms in total. The first-order valence-electron chi connectivity index (χ1n) is 8.60. The van der Waals surface area contributed by atoms with E-state index in [2.05, 4.69) is 16.9 Å². The molecule has 1 aliphatic heterocycles. The minimum Gasteiger partial charge on any atom is -0.383 e. The van der Waals surface area contributed by atoms with Crippen LogP contribution in [0.15, 0.2) is 5.16 Å². The van der Waals surface area contributed by atoms with E-state index in [-0.39, 0.29) is 0 Å². The van der Waals surface area contributed by atoms with Gasteiger partial charge >= 0.3 is 0 Å². The predicted octanol–water partition coefficient (Wildman–Crippen LogP) is 3.59. The third kappa shape index (κ3) is 3.21. The van der Waals surface area contributed by atoms with Crippen LogP contribution in [-0.2, 0) is 12.8 Å². The Morgan fingerprint density at radius 2 is 2.13 bits per heavy atom. The van der Waals surface area contributed by atoms with Crippen LogP contribution in [0.25, 0.3) is 10.2 Å². The Kier molecular flexibility index (Phi) is 4.48. The summed E-state index contributed by atoms with van der Waals surface area (Å²) in [5, 5.41) is 2.01. The second-order valence-corrected chi connectivity index (χ2v) is 8.93. The topological polar surface area (TPSA) is 55.0 Å². The molecule has 1 fully saturated rings. The van der Waals surface area contributed by atoms with Crippen LogP contribution in [0.5, 0.6) is 0 Å². The maximum Gasteiger partial charge on any atom is 0.190 e. The zero-order chi connectivity index (χ0) is 15.8. The molecule has 0 bridgehead atoms. The van der Waals surface area contributed by atoms with Crippen molar-refractivity contribution < 1.29 is 0 Å². The summed E-state index contributed by atoms with van der Waals surface area (Å²) in [5.74, 6) is 2.54. The van der Waals surface area contributed by atoms with Crippen molar-refractivity contribution in [2.75, 3.05) is 31.6 Å². The lowest BCUT2D eigenvalue weighted by Crippen LogP contribution is -2.33. The summed E-state index contributed by atoms with van der Waals surface area (Å²) in [6.07, 6.45) is 7.52. The molecule has 1 atom stereocenters. The normalized spacial score (nSPS) is 22.4. The number of piperidine rings is 1. The Labute approximate surface area is 145 Å². The lowest BCUT2D eigenvalue weighted by Gasteiger charge is -2.29. The van der Waals surface area contributed by atoms with Crippen molar-refractivity contribution in [1.82, 2.24) is 14.9 Å². The molecular weight excluding hydrogens is 324 g/mol. The molecule has 0 aromatic carbocycles. The lowest BCUT2D eigenvalue weighted by molar-refractivity contribution is 0.224. The standard InChI is InChI=1S/C17H24N4S2/c1-21-8-4-5-11(9-21)10-22-17-19-15(18)14-12-6-2-3-7-13(12)23-16(14)20-17/h11H,2-10H2,1H3,(H2,18,19,20). The Bertz CT molecular complexity index is 712. The smallest absolute Gasteiger partial charge is 0.190 e. The first-order valence-corrected chi connectivity index (χ1v) is 10.4. The summed E-state index contributed by atoms with van der Waals surface area (Å²) in [5.41, 5.74) is 7.72. The van der Waals surface area contributed by atoms with Gasteiger partial charge in [-0.2, -0.15) is 0 Å². The van der Waals surface area contributed by atoms with E-state index in [1.165, 1.54) is 55.6 Å². The van der Waals surface area contributed by atoms with Gasteiger partial charge in [-0.25, -0.2) is 9.97 Å². The maximum atomic E-state index is 6.29. The molecule has 1 aliphatic carbocycles. The van der Waals surface area contributed by atoms with Crippen LogP contribution in [0.2, 0.25) is 0 Å². The van der Waals surface area contributed by atoms with Gasteiger partial charge in [0, 0.05) is 17.2 Å². The number of fused-ring (bicyclic) bond motifs is 3. The third-order valence-electron chi connectivity index (χ3n) is 4.99. The molecule has 23 heavy (non-hydrogen) atoms. The van der Waals surface area contributed by atoms with Crippen molar-refractivity contribution in [3.8, 4) is 0 Å². The van der Waals surface area contributed by atoms with Gasteiger partial charge in [-0.05, 0) is 63.6 Å². The molecule has 2 aromatic rings. The fraction of sp³-hybridized carbons (Fsp3) is 0.647. The molecule has 1 unspecified atom stereocenters. The van der Waals surface area contributed by atoms with Crippen molar-refractivity contribution in [1.29, 1.82) is 0 Å². The molecule has 2 N–H and O–H groups in total. The zero-order valence-corrected chi connectivity index (χ0v) is 15.3. The number of hydrogen-bond donors (Lipinski definition) is 1. The molecule has 1 saturated heterocycles. The largest absolute Gasteiger partial charge is 0.383 e. The minimum absolute atomic E-state index is 0.692. The number of aryl methyl sites for hydroxylation is 2. The van der Waals surface area contributed by atoms with E-state index in [4.69, 9.17) is 10.7 Å². The molecule has 0 amide bonds. The van der Waals surface area contributed by atoms with E-state index in [0.717, 1.165) is 33.5 Å². The zero-order valence-electron chi connectivity index (χ0n) is 13.7. The van der Waals surface area contributed by atoms with Gasteiger partial charge in [-0.3, -0.25) is 0 Å². The van der Waals surface area contributed by atoms with Crippen LogP contribution in [0.4, 0.5) is 5.82 Å². The molecule has 0 spiro atoms. The number of aromatic nitrogens is 2. The van der Waals surface area contributed by atoms with E-state index in [0.29, 0.717) is 5.82 Å². The number of nitrogen functional groups attached to an aromatic ring is 1. The number of thioether (sulfide) groups is 1. The molecule has 6 heteroatoms. The van der Waals surface area contributed by atoms with Crippen LogP contribution in [0, 0.1) is 5.92 Å². The first kappa shape index (κ1) is 15.7. The molecule has 0 saturated carbocycles. The number of rotatable bonds is 3. The van der Waals surface area contributed by atoms with Crippen molar-refractivity contribution >= 4 is 39.1 Å². The first-order chi connectivity index (χ1) is 11.2. The Morgan fingerprint density at radius 3 is 3.00 bits per heavy atom. The monoisotopic (exact) mass is 348 g/mol. The Morgan fingerprint density at radius 1 is 1.26 bits per heavy atom. The predicted molar refractivity (Wildman–Crippen MR) is 99.4 cm³/mol. The van der Waals surface area contributed by atoms with Crippen LogP contribution >= 0.6 is 23.1 Å². The van der Waals surface area contributed by atoms with Gasteiger partial charge in [0.15, 0.2) is 5.16 Å². The van der Waals surface area contributed by atoms with Gasteiger partial charge in [-0.1, -0.05) is 11.8 Å². The quantitative estimate of drug-likeness (QED) is 0.678. The summed E-state index contributed by atoms with van der Waals surface area (Å²) < 4.78 is 0. The molecule has 2 aromatic heterocycles. The molecule has 2 aliphatic rings. The van der Waals surface area contributed by atoms with E-state index in [9.17, 15) is 0 Å². The Hall–Kier alpha value is -0.850. The van der Waals surface area contributed by atoms with Gasteiger partial charge in [0.25, 0.3) is 0 Å². The highest BCUT2D eigenvalue weighted by Gasteiger charge is 2.21. The van der Waals surface area contributed by atoms with Crippen molar-refractivity contribution in [3.63, 3.8) is 0 Å². The van der Waals surface area contributed by atoms with Gasteiger partial charge in [0.1, 0.15) is 10.6 Å². The number of anilines is 1. The van der Waals surface area contributed by atoms with Crippen molar-refractivity contribution in [2.45, 2.75) is 43.7 Å². The second-order valence-electron chi connectivity index (χ2n) is 6.86. The van der Waals surface area contributed by atoms with Gasteiger partial charge < -0.3 is 10.6 Å². The number of nitrogens with two attached hydrogens (primary N) is 1. The molecule has 0 radical (unpaired) electrons. The van der Waals surface area contributed by atoms with Gasteiger partial charge in [-0.15, -0.1) is 11.3 Å². The molecular formula is C17H24N4S2. The average molecular weight is 349 g/mol. The summed E-state index contributed by atoms with van der Waals surface area (Å²) >= 11 is 3.62. The fourth-order valence-corrected chi connectivity index (χ4v) is 6.13. The number of nitrogens with zero attached hydrogens (tertiary/aromatic N) is 3. The van der Waals surface area contributed by atoms with Crippen LogP contribution in [0.3, 0.4) is 0 Å². The van der Waals surface area contributed by atoms with Crippen LogP contribution in [-0.4, -0.2) is 40.8 Å². The van der Waals surface area contributed by atoms with Gasteiger partial charge in [0.2, 0.25) is 0 Å². The minimum atomic E-state index is 0.692. The summed E-state index contributed by atoms with van der Waals surface area (Å²) in [4.78, 5) is 14.5. The fourth-order valence-electron chi connectivity index (χ4n) is 3.83. The summed E-state index contributed by atoms with van der Waals surface area (Å²) in [6.45, 7) is 2.43. The lowest BCUT2D eigenvalue weighted by atomic mass is 9.97. The molecule has 4 rings (SSSR count). The number of likely N-dealkylation sites (tertiary alicyclic amines) is 1. The summed E-state index contributed by atoms with van der Waals surface area (Å²) in [6, 6.07) is 0. The van der Waals surface area contributed by atoms with Crippen molar-refractivity contribution in [3.05, 3.63) is 10.4 Å². The second kappa shape index (κ2) is 6.57. The van der Waals surface area contributed by atoms with Crippen LogP contribution in [0.1, 0.15) is 36.1 Å². The SMILES string of the molecule is CN1CCCC(CSc2nc(N)c3c4c(sc3n2)CCCC4)C1. The van der Waals surface area contributed by atoms with E-state index < -0.39 is 0 Å². The highest BCUT2D eigenvalue weighted by molar-refractivity contribution is 7.99. The summed E-state index contributed by atoms with van der Waals surface area (Å²) in [7, 11) is 2.22. The highest BCUT2D eigenvalue weighted by atomic mass is 32.2.